The number of hydrogen-bond donors (Lipinski definition) is 0. The van der Waals surface area contributed by atoms with Crippen molar-refractivity contribution in [2.75, 3.05) is 26.2 Å². The molecule has 2 bridgehead atoms. The van der Waals surface area contributed by atoms with Crippen molar-refractivity contribution in [3.05, 3.63) is 0 Å². The zero-order chi connectivity index (χ0) is 8.55. The van der Waals surface area contributed by atoms with Crippen LogP contribution in [0.5, 0.6) is 0 Å². The second-order valence-corrected chi connectivity index (χ2v) is 4.13. The number of piperidine rings is 1. The van der Waals surface area contributed by atoms with Gasteiger partial charge in [0.25, 0.3) is 0 Å². The van der Waals surface area contributed by atoms with Gasteiger partial charge >= 0.3 is 0 Å². The maximum absolute atomic E-state index is 2.66. The van der Waals surface area contributed by atoms with Crippen LogP contribution in [0, 0.1) is 0 Å². The van der Waals surface area contributed by atoms with Gasteiger partial charge in [0.05, 0.1) is 0 Å². The second kappa shape index (κ2) is 3.35. The van der Waals surface area contributed by atoms with Crippen molar-refractivity contribution in [1.29, 1.82) is 0 Å². The van der Waals surface area contributed by atoms with E-state index in [9.17, 15) is 0 Å². The van der Waals surface area contributed by atoms with Gasteiger partial charge in [0.1, 0.15) is 0 Å². The van der Waals surface area contributed by atoms with E-state index in [1.54, 1.807) is 0 Å². The molecule has 3 rings (SSSR count). The molecule has 12 heavy (non-hydrogen) atoms. The molecule has 2 atom stereocenters. The minimum atomic E-state index is 0.903. The number of fused-ring (bicyclic) bond motifs is 2. The summed E-state index contributed by atoms with van der Waals surface area (Å²) in [6.45, 7) is 9.79. The lowest BCUT2D eigenvalue weighted by Crippen LogP contribution is -2.68. The fraction of sp³-hybridized carbons (Fsp3) is 1.00. The summed E-state index contributed by atoms with van der Waals surface area (Å²) in [6.07, 6.45) is 2.78. The van der Waals surface area contributed by atoms with Gasteiger partial charge in [-0.25, -0.2) is 0 Å². The van der Waals surface area contributed by atoms with Crippen molar-refractivity contribution in [2.45, 2.75) is 38.8 Å². The highest BCUT2D eigenvalue weighted by molar-refractivity contribution is 4.99. The number of rotatable bonds is 3. The van der Waals surface area contributed by atoms with E-state index >= 15 is 0 Å². The molecule has 0 N–H and O–H groups in total. The number of likely N-dealkylation sites (N-methyl/N-ethyl adjacent to an activating group) is 1. The topological polar surface area (TPSA) is 6.48 Å². The molecule has 0 amide bonds. The van der Waals surface area contributed by atoms with Crippen molar-refractivity contribution < 1.29 is 0 Å². The zero-order valence-electron chi connectivity index (χ0n) is 8.29. The lowest BCUT2D eigenvalue weighted by Gasteiger charge is -2.56. The Morgan fingerprint density at radius 3 is 2.33 bits per heavy atom. The SMILES string of the molecule is CCCN1CC2CC(C1)N2CC. The molecule has 2 unspecified atom stereocenters. The highest BCUT2D eigenvalue weighted by Crippen LogP contribution is 2.31. The molecule has 0 aromatic carbocycles. The van der Waals surface area contributed by atoms with Gasteiger partial charge in [-0.1, -0.05) is 13.8 Å². The van der Waals surface area contributed by atoms with Crippen molar-refractivity contribution >= 4 is 0 Å². The largest absolute Gasteiger partial charge is 0.300 e. The molecule has 2 heteroatoms. The molecule has 2 nitrogen and oxygen atoms in total. The molecule has 3 aliphatic rings. The predicted octanol–water partition coefficient (Wildman–Crippen LogP) is 1.17. The summed E-state index contributed by atoms with van der Waals surface area (Å²) in [4.78, 5) is 5.29. The molecule has 0 aromatic heterocycles. The van der Waals surface area contributed by atoms with Crippen molar-refractivity contribution in [3.8, 4) is 0 Å². The monoisotopic (exact) mass is 168 g/mol. The summed E-state index contributed by atoms with van der Waals surface area (Å²) in [6, 6.07) is 1.81. The van der Waals surface area contributed by atoms with Crippen molar-refractivity contribution in [3.63, 3.8) is 0 Å². The Morgan fingerprint density at radius 2 is 1.83 bits per heavy atom. The summed E-state index contributed by atoms with van der Waals surface area (Å²) in [5, 5.41) is 0. The minimum Gasteiger partial charge on any atom is -0.300 e. The van der Waals surface area contributed by atoms with Gasteiger partial charge in [0.15, 0.2) is 0 Å². The summed E-state index contributed by atoms with van der Waals surface area (Å²) >= 11 is 0. The molecule has 3 saturated heterocycles. The first kappa shape index (κ1) is 8.52. The van der Waals surface area contributed by atoms with Crippen molar-refractivity contribution in [1.82, 2.24) is 9.80 Å². The third kappa shape index (κ3) is 1.27. The molecule has 0 spiro atoms. The fourth-order valence-corrected chi connectivity index (χ4v) is 2.79. The Labute approximate surface area is 75.5 Å². The molecule has 0 saturated carbocycles. The lowest BCUT2D eigenvalue weighted by molar-refractivity contribution is -0.0650. The van der Waals surface area contributed by atoms with Crippen LogP contribution in [0.25, 0.3) is 0 Å². The van der Waals surface area contributed by atoms with Gasteiger partial charge in [-0.15, -0.1) is 0 Å². The predicted molar refractivity (Wildman–Crippen MR) is 51.3 cm³/mol. The zero-order valence-corrected chi connectivity index (χ0v) is 8.29. The Hall–Kier alpha value is -0.0800. The third-order valence-electron chi connectivity index (χ3n) is 3.33. The van der Waals surface area contributed by atoms with E-state index in [-0.39, 0.29) is 0 Å². The highest BCUT2D eigenvalue weighted by Gasteiger charge is 2.42. The molecule has 70 valence electrons. The number of nitrogens with zero attached hydrogens (tertiary/aromatic N) is 2. The van der Waals surface area contributed by atoms with Gasteiger partial charge in [0.2, 0.25) is 0 Å². The molecule has 0 aliphatic carbocycles. The van der Waals surface area contributed by atoms with E-state index < -0.39 is 0 Å². The van der Waals surface area contributed by atoms with Gasteiger partial charge in [-0.05, 0) is 25.9 Å². The van der Waals surface area contributed by atoms with Crippen LogP contribution in [-0.4, -0.2) is 48.1 Å². The first-order valence-corrected chi connectivity index (χ1v) is 5.33. The van der Waals surface area contributed by atoms with E-state index in [0.29, 0.717) is 0 Å². The summed E-state index contributed by atoms with van der Waals surface area (Å²) < 4.78 is 0. The van der Waals surface area contributed by atoms with Crippen LogP contribution >= 0.6 is 0 Å². The molecule has 3 fully saturated rings. The first-order valence-electron chi connectivity index (χ1n) is 5.33. The second-order valence-electron chi connectivity index (χ2n) is 4.13. The van der Waals surface area contributed by atoms with E-state index in [1.807, 2.05) is 0 Å². The van der Waals surface area contributed by atoms with E-state index in [2.05, 4.69) is 23.6 Å². The van der Waals surface area contributed by atoms with Gasteiger partial charge in [-0.3, -0.25) is 4.90 Å². The highest BCUT2D eigenvalue weighted by atomic mass is 15.3. The Kier molecular flexibility index (Phi) is 2.37. The Balaban J connectivity index is 1.84. The average Bonchev–Trinajstić information content (AvgIpc) is 2.05. The summed E-state index contributed by atoms with van der Waals surface area (Å²) in [5.74, 6) is 0. The van der Waals surface area contributed by atoms with Crippen LogP contribution in [0.3, 0.4) is 0 Å². The summed E-state index contributed by atoms with van der Waals surface area (Å²) in [5.41, 5.74) is 0. The maximum atomic E-state index is 2.66. The quantitative estimate of drug-likeness (QED) is 0.624. The van der Waals surface area contributed by atoms with Crippen LogP contribution in [0.1, 0.15) is 26.7 Å². The molecular formula is C10H20N2. The molecular weight excluding hydrogens is 148 g/mol. The number of piperazine rings is 1. The molecule has 0 radical (unpaired) electrons. The van der Waals surface area contributed by atoms with Crippen LogP contribution in [0.4, 0.5) is 0 Å². The van der Waals surface area contributed by atoms with Gasteiger partial charge < -0.3 is 4.90 Å². The maximum Gasteiger partial charge on any atom is 0.0241 e. The lowest BCUT2D eigenvalue weighted by atomic mass is 9.87. The molecule has 3 aliphatic heterocycles. The van der Waals surface area contributed by atoms with Gasteiger partial charge in [-0.2, -0.15) is 0 Å². The average molecular weight is 168 g/mol. The standard InChI is InChI=1S/C10H20N2/c1-3-5-11-7-9-6-10(8-11)12(9)4-2/h9-10H,3-8H2,1-2H3. The Bertz CT molecular complexity index is 142. The first-order chi connectivity index (χ1) is 5.85. The van der Waals surface area contributed by atoms with E-state index in [0.717, 1.165) is 12.1 Å². The number of hydrogen-bond acceptors (Lipinski definition) is 2. The third-order valence-corrected chi connectivity index (χ3v) is 3.33. The van der Waals surface area contributed by atoms with Gasteiger partial charge in [0, 0.05) is 25.2 Å². The van der Waals surface area contributed by atoms with Crippen LogP contribution < -0.4 is 0 Å². The Morgan fingerprint density at radius 1 is 1.17 bits per heavy atom. The molecule has 0 aromatic rings. The minimum absolute atomic E-state index is 0.903. The van der Waals surface area contributed by atoms with Crippen LogP contribution in [-0.2, 0) is 0 Å². The van der Waals surface area contributed by atoms with Crippen LogP contribution in [0.15, 0.2) is 0 Å². The van der Waals surface area contributed by atoms with Crippen LogP contribution in [0.2, 0.25) is 0 Å². The summed E-state index contributed by atoms with van der Waals surface area (Å²) in [7, 11) is 0. The molecule has 3 heterocycles. The van der Waals surface area contributed by atoms with Crippen molar-refractivity contribution in [2.24, 2.45) is 0 Å². The van der Waals surface area contributed by atoms with E-state index in [4.69, 9.17) is 0 Å². The normalized spacial score (nSPS) is 36.5. The fourth-order valence-electron chi connectivity index (χ4n) is 2.79. The smallest absolute Gasteiger partial charge is 0.0241 e. The van der Waals surface area contributed by atoms with E-state index in [1.165, 1.54) is 39.0 Å².